The first kappa shape index (κ1) is 21.3. The van der Waals surface area contributed by atoms with E-state index in [2.05, 4.69) is 10.0 Å². The van der Waals surface area contributed by atoms with Crippen LogP contribution in [0.1, 0.15) is 33.1 Å². The third-order valence-corrected chi connectivity index (χ3v) is 6.76. The van der Waals surface area contributed by atoms with Gasteiger partial charge in [-0.3, -0.25) is 4.79 Å². The molecule has 3 aromatic rings. The Morgan fingerprint density at radius 3 is 2.55 bits per heavy atom. The molecule has 4 rings (SSSR count). The Hall–Kier alpha value is -2.96. The average molecular weight is 444 g/mol. The highest BCUT2D eigenvalue weighted by atomic mass is 32.2. The van der Waals surface area contributed by atoms with Gasteiger partial charge >= 0.3 is 0 Å². The van der Waals surface area contributed by atoms with Crippen molar-refractivity contribution in [2.75, 3.05) is 0 Å². The number of nitrogens with one attached hydrogen (secondary N) is 2. The highest BCUT2D eigenvalue weighted by Gasteiger charge is 2.46. The number of amides is 1. The van der Waals surface area contributed by atoms with Gasteiger partial charge in [-0.1, -0.05) is 18.2 Å². The van der Waals surface area contributed by atoms with Crippen molar-refractivity contribution in [1.29, 1.82) is 5.26 Å². The molecular formula is C22H22FN3O4S. The number of benzene rings is 2. The first-order valence-electron chi connectivity index (χ1n) is 9.88. The number of fused-ring (bicyclic) bond motifs is 3. The Bertz CT molecular complexity index is 1310. The normalized spacial score (nSPS) is 16.7. The summed E-state index contributed by atoms with van der Waals surface area (Å²) in [5.41, 5.74) is -1.64. The van der Waals surface area contributed by atoms with Gasteiger partial charge in [-0.25, -0.2) is 12.8 Å². The van der Waals surface area contributed by atoms with Crippen molar-refractivity contribution >= 4 is 37.9 Å². The summed E-state index contributed by atoms with van der Waals surface area (Å²) in [4.78, 5) is 12.7. The van der Waals surface area contributed by atoms with Crippen LogP contribution in [0, 0.1) is 11.3 Å². The highest BCUT2D eigenvalue weighted by Crippen LogP contribution is 2.35. The molecule has 0 aliphatic heterocycles. The lowest BCUT2D eigenvalue weighted by atomic mass is 10.0. The fraction of sp³-hybridized carbons (Fsp3) is 0.364. The lowest BCUT2D eigenvalue weighted by molar-refractivity contribution is -0.124. The second-order valence-corrected chi connectivity index (χ2v) is 10.3. The summed E-state index contributed by atoms with van der Waals surface area (Å²) in [5, 5.41) is 13.1. The number of hydrogen-bond acceptors (Lipinski definition) is 5. The highest BCUT2D eigenvalue weighted by molar-refractivity contribution is 7.89. The first-order valence-corrected chi connectivity index (χ1v) is 11.4. The molecule has 1 aromatic heterocycles. The van der Waals surface area contributed by atoms with E-state index in [9.17, 15) is 22.9 Å². The monoisotopic (exact) mass is 443 g/mol. The maximum atomic E-state index is 14.4. The van der Waals surface area contributed by atoms with Crippen molar-refractivity contribution < 1.29 is 22.0 Å². The van der Waals surface area contributed by atoms with Crippen LogP contribution in [0.4, 0.5) is 4.39 Å². The second kappa shape index (κ2) is 7.32. The average Bonchev–Trinajstić information content (AvgIpc) is 3.37. The number of nitrogens with zero attached hydrogens (tertiary/aromatic N) is 1. The molecule has 0 spiro atoms. The van der Waals surface area contributed by atoms with Crippen LogP contribution in [0.3, 0.4) is 0 Å². The van der Waals surface area contributed by atoms with E-state index in [0.29, 0.717) is 29.4 Å². The zero-order chi connectivity index (χ0) is 22.4. The molecular weight excluding hydrogens is 421 g/mol. The van der Waals surface area contributed by atoms with Crippen LogP contribution in [0.25, 0.3) is 21.9 Å². The fourth-order valence-corrected chi connectivity index (χ4v) is 4.73. The Labute approximate surface area is 179 Å². The van der Waals surface area contributed by atoms with Crippen molar-refractivity contribution in [3.05, 3.63) is 42.5 Å². The molecule has 0 radical (unpaired) electrons. The van der Waals surface area contributed by atoms with E-state index in [4.69, 9.17) is 4.42 Å². The molecule has 0 unspecified atom stereocenters. The van der Waals surface area contributed by atoms with Gasteiger partial charge in [0.05, 0.1) is 11.0 Å². The lowest BCUT2D eigenvalue weighted by Gasteiger charge is -2.24. The first-order chi connectivity index (χ1) is 14.5. The molecule has 1 saturated carbocycles. The molecule has 7 nitrogen and oxygen atoms in total. The van der Waals surface area contributed by atoms with Crippen molar-refractivity contribution in [3.8, 4) is 6.07 Å². The summed E-state index contributed by atoms with van der Waals surface area (Å²) < 4.78 is 48.6. The molecule has 2 N–H and O–H groups in total. The minimum Gasteiger partial charge on any atom is -0.456 e. The van der Waals surface area contributed by atoms with E-state index in [1.165, 1.54) is 26.0 Å². The van der Waals surface area contributed by atoms with Crippen LogP contribution < -0.4 is 10.0 Å². The second-order valence-electron chi connectivity index (χ2n) is 8.54. The zero-order valence-corrected chi connectivity index (χ0v) is 17.9. The molecule has 9 heteroatoms. The van der Waals surface area contributed by atoms with Crippen molar-refractivity contribution in [2.24, 2.45) is 0 Å². The molecule has 162 valence electrons. The number of alkyl halides is 1. The van der Waals surface area contributed by atoms with Crippen LogP contribution >= 0.6 is 0 Å². The Kier molecular flexibility index (Phi) is 5.03. The van der Waals surface area contributed by atoms with Gasteiger partial charge in [0.1, 0.15) is 28.4 Å². The van der Waals surface area contributed by atoms with E-state index < -0.39 is 33.2 Å². The van der Waals surface area contributed by atoms with Gasteiger partial charge in [-0.05, 0) is 51.0 Å². The third-order valence-electron chi connectivity index (χ3n) is 5.29. The van der Waals surface area contributed by atoms with E-state index in [-0.39, 0.29) is 11.3 Å². The number of nitriles is 1. The standard InChI is InChI=1S/C22H22FN3O4S/c1-21(2,23)12-17(20(27)25-22(13-24)9-10-22)26-31(28,29)14-7-8-19-16(11-14)15-5-3-4-6-18(15)30-19/h3-8,11,17,26H,9-10,12H2,1-2H3,(H,25,27)/t17-/m0/s1. The summed E-state index contributed by atoms with van der Waals surface area (Å²) in [5.74, 6) is -0.719. The summed E-state index contributed by atoms with van der Waals surface area (Å²) in [6.45, 7) is 2.53. The van der Waals surface area contributed by atoms with Crippen LogP contribution in [-0.4, -0.2) is 31.6 Å². The third kappa shape index (κ3) is 4.40. The minimum absolute atomic E-state index is 0.0672. The molecule has 1 fully saturated rings. The number of para-hydroxylation sites is 1. The predicted molar refractivity (Wildman–Crippen MR) is 113 cm³/mol. The molecule has 1 amide bonds. The van der Waals surface area contributed by atoms with Gasteiger partial charge in [-0.2, -0.15) is 9.98 Å². The van der Waals surface area contributed by atoms with Gasteiger partial charge in [0, 0.05) is 17.2 Å². The molecule has 0 saturated heterocycles. The maximum Gasteiger partial charge on any atom is 0.241 e. The number of hydrogen-bond donors (Lipinski definition) is 2. The number of furan rings is 1. The molecule has 31 heavy (non-hydrogen) atoms. The van der Waals surface area contributed by atoms with Gasteiger partial charge in [0.25, 0.3) is 0 Å². The molecule has 0 bridgehead atoms. The SMILES string of the molecule is CC(C)(F)C[C@H](NS(=O)(=O)c1ccc2oc3ccccc3c2c1)C(=O)NC1(C#N)CC1. The van der Waals surface area contributed by atoms with Crippen LogP contribution in [0.5, 0.6) is 0 Å². The lowest BCUT2D eigenvalue weighted by Crippen LogP contribution is -2.52. The van der Waals surface area contributed by atoms with Crippen molar-refractivity contribution in [1.82, 2.24) is 10.0 Å². The number of carbonyl (C=O) groups excluding carboxylic acids is 1. The Balaban J connectivity index is 1.66. The van der Waals surface area contributed by atoms with Gasteiger partial charge in [0.15, 0.2) is 0 Å². The number of rotatable bonds is 7. The van der Waals surface area contributed by atoms with E-state index in [0.717, 1.165) is 5.39 Å². The van der Waals surface area contributed by atoms with Crippen molar-refractivity contribution in [3.63, 3.8) is 0 Å². The molecule has 1 aliphatic carbocycles. The molecule has 2 aromatic carbocycles. The van der Waals surface area contributed by atoms with Crippen molar-refractivity contribution in [2.45, 2.75) is 55.3 Å². The predicted octanol–water partition coefficient (Wildman–Crippen LogP) is 3.54. The molecule has 1 atom stereocenters. The number of sulfonamides is 1. The topological polar surface area (TPSA) is 112 Å². The Morgan fingerprint density at radius 2 is 1.90 bits per heavy atom. The minimum atomic E-state index is -4.16. The summed E-state index contributed by atoms with van der Waals surface area (Å²) >= 11 is 0. The molecule has 1 heterocycles. The maximum absolute atomic E-state index is 14.4. The van der Waals surface area contributed by atoms with Crippen LogP contribution in [0.2, 0.25) is 0 Å². The van der Waals surface area contributed by atoms with E-state index >= 15 is 0 Å². The summed E-state index contributed by atoms with van der Waals surface area (Å²) in [6, 6.07) is 12.3. The van der Waals surface area contributed by atoms with Crippen LogP contribution in [0.15, 0.2) is 51.8 Å². The fourth-order valence-electron chi connectivity index (χ4n) is 3.51. The van der Waals surface area contributed by atoms with Crippen LogP contribution in [-0.2, 0) is 14.8 Å². The van der Waals surface area contributed by atoms with Gasteiger partial charge < -0.3 is 9.73 Å². The quantitative estimate of drug-likeness (QED) is 0.580. The van der Waals surface area contributed by atoms with Gasteiger partial charge in [-0.15, -0.1) is 0 Å². The summed E-state index contributed by atoms with van der Waals surface area (Å²) in [6.07, 6.45) is 0.590. The Morgan fingerprint density at radius 1 is 1.23 bits per heavy atom. The van der Waals surface area contributed by atoms with Gasteiger partial charge in [0.2, 0.25) is 15.9 Å². The van der Waals surface area contributed by atoms with E-state index in [1.807, 2.05) is 24.3 Å². The molecule has 1 aliphatic rings. The largest absolute Gasteiger partial charge is 0.456 e. The number of carbonyl (C=O) groups is 1. The smallest absolute Gasteiger partial charge is 0.241 e. The zero-order valence-electron chi connectivity index (χ0n) is 17.1. The number of halogens is 1. The summed E-state index contributed by atoms with van der Waals surface area (Å²) in [7, 11) is -4.16. The van der Waals surface area contributed by atoms with E-state index in [1.54, 1.807) is 12.1 Å².